The molecule has 0 spiro atoms. The fourth-order valence-corrected chi connectivity index (χ4v) is 3.29. The normalized spacial score (nSPS) is 23.6. The highest BCUT2D eigenvalue weighted by Crippen LogP contribution is 2.40. The highest BCUT2D eigenvalue weighted by Gasteiger charge is 2.32. The second kappa shape index (κ2) is 6.95. The van der Waals surface area contributed by atoms with Crippen molar-refractivity contribution in [2.45, 2.75) is 18.9 Å². The van der Waals surface area contributed by atoms with E-state index in [1.54, 1.807) is 14.2 Å². The van der Waals surface area contributed by atoms with E-state index in [1.165, 1.54) is 18.4 Å². The molecular weight excluding hydrogens is 252 g/mol. The van der Waals surface area contributed by atoms with Crippen LogP contribution in [-0.2, 0) is 0 Å². The van der Waals surface area contributed by atoms with E-state index >= 15 is 0 Å². The van der Waals surface area contributed by atoms with Crippen molar-refractivity contribution in [3.63, 3.8) is 0 Å². The molecule has 1 heterocycles. The third kappa shape index (κ3) is 3.07. The van der Waals surface area contributed by atoms with Crippen LogP contribution in [0.15, 0.2) is 18.2 Å². The van der Waals surface area contributed by atoms with Crippen LogP contribution in [-0.4, -0.2) is 46.3 Å². The van der Waals surface area contributed by atoms with Gasteiger partial charge in [0.25, 0.3) is 0 Å². The molecular formula is C16H26N2O2. The first kappa shape index (κ1) is 15.1. The van der Waals surface area contributed by atoms with Crippen LogP contribution in [0.3, 0.4) is 0 Å². The molecule has 1 aromatic carbocycles. The third-order valence-electron chi connectivity index (χ3n) is 4.23. The van der Waals surface area contributed by atoms with Gasteiger partial charge in [-0.3, -0.25) is 4.90 Å². The van der Waals surface area contributed by atoms with Gasteiger partial charge in [0.1, 0.15) is 11.5 Å². The molecule has 2 atom stereocenters. The van der Waals surface area contributed by atoms with Crippen LogP contribution in [0.2, 0.25) is 0 Å². The second-order valence-corrected chi connectivity index (χ2v) is 5.49. The van der Waals surface area contributed by atoms with E-state index in [2.05, 4.69) is 23.3 Å². The lowest BCUT2D eigenvalue weighted by molar-refractivity contribution is 0.118. The van der Waals surface area contributed by atoms with Gasteiger partial charge < -0.3 is 14.8 Å². The zero-order valence-corrected chi connectivity index (χ0v) is 13.0. The molecule has 0 radical (unpaired) electrons. The van der Waals surface area contributed by atoms with E-state index in [0.717, 1.165) is 24.6 Å². The largest absolute Gasteiger partial charge is 0.497 e. The smallest absolute Gasteiger partial charge is 0.127 e. The minimum Gasteiger partial charge on any atom is -0.497 e. The van der Waals surface area contributed by atoms with Crippen LogP contribution in [0.1, 0.15) is 24.4 Å². The summed E-state index contributed by atoms with van der Waals surface area (Å²) in [6.07, 6.45) is 2.52. The Balaban J connectivity index is 2.35. The number of ether oxygens (including phenoxy) is 2. The Morgan fingerprint density at radius 3 is 2.75 bits per heavy atom. The standard InChI is InChI=1S/C16H26N2O2/c1-17-11-12-6-5-9-18(2)16(12)14-8-7-13(19-3)10-15(14)20-4/h7-8,10,12,16-17H,5-6,9,11H2,1-4H3. The first-order valence-corrected chi connectivity index (χ1v) is 7.28. The Hall–Kier alpha value is -1.26. The summed E-state index contributed by atoms with van der Waals surface area (Å²) in [6.45, 7) is 2.17. The van der Waals surface area contributed by atoms with Crippen LogP contribution in [0.4, 0.5) is 0 Å². The summed E-state index contributed by atoms with van der Waals surface area (Å²) in [7, 11) is 7.65. The molecule has 0 saturated carbocycles. The van der Waals surface area contributed by atoms with Crippen molar-refractivity contribution < 1.29 is 9.47 Å². The van der Waals surface area contributed by atoms with E-state index in [0.29, 0.717) is 12.0 Å². The fraction of sp³-hybridized carbons (Fsp3) is 0.625. The second-order valence-electron chi connectivity index (χ2n) is 5.49. The van der Waals surface area contributed by atoms with Crippen molar-refractivity contribution in [2.24, 2.45) is 5.92 Å². The monoisotopic (exact) mass is 278 g/mol. The Morgan fingerprint density at radius 2 is 2.10 bits per heavy atom. The Morgan fingerprint density at radius 1 is 1.30 bits per heavy atom. The first-order chi connectivity index (χ1) is 9.71. The average molecular weight is 278 g/mol. The summed E-state index contributed by atoms with van der Waals surface area (Å²) in [5, 5.41) is 3.33. The molecule has 0 bridgehead atoms. The number of rotatable bonds is 5. The molecule has 1 saturated heterocycles. The van der Waals surface area contributed by atoms with E-state index in [9.17, 15) is 0 Å². The summed E-state index contributed by atoms with van der Waals surface area (Å²) in [6, 6.07) is 6.55. The molecule has 2 rings (SSSR count). The van der Waals surface area contributed by atoms with E-state index in [-0.39, 0.29) is 0 Å². The molecule has 4 nitrogen and oxygen atoms in total. The van der Waals surface area contributed by atoms with Crippen molar-refractivity contribution in [2.75, 3.05) is 41.4 Å². The van der Waals surface area contributed by atoms with Crippen LogP contribution in [0.25, 0.3) is 0 Å². The van der Waals surface area contributed by atoms with Gasteiger partial charge in [-0.1, -0.05) is 6.07 Å². The van der Waals surface area contributed by atoms with Gasteiger partial charge in [0.15, 0.2) is 0 Å². The predicted octanol–water partition coefficient (Wildman–Crippen LogP) is 2.31. The molecule has 112 valence electrons. The maximum Gasteiger partial charge on any atom is 0.127 e. The molecule has 0 aliphatic carbocycles. The molecule has 2 unspecified atom stereocenters. The molecule has 0 amide bonds. The number of nitrogens with zero attached hydrogens (tertiary/aromatic N) is 1. The van der Waals surface area contributed by atoms with E-state index in [4.69, 9.17) is 9.47 Å². The van der Waals surface area contributed by atoms with Gasteiger partial charge in [0, 0.05) is 17.7 Å². The third-order valence-corrected chi connectivity index (χ3v) is 4.23. The number of hydrogen-bond acceptors (Lipinski definition) is 4. The highest BCUT2D eigenvalue weighted by atomic mass is 16.5. The molecule has 1 aliphatic heterocycles. The molecule has 0 aromatic heterocycles. The van der Waals surface area contributed by atoms with Crippen molar-refractivity contribution in [3.8, 4) is 11.5 Å². The summed E-state index contributed by atoms with van der Waals surface area (Å²) in [4.78, 5) is 2.44. The van der Waals surface area contributed by atoms with E-state index < -0.39 is 0 Å². The molecule has 1 aliphatic rings. The van der Waals surface area contributed by atoms with Crippen LogP contribution >= 0.6 is 0 Å². The van der Waals surface area contributed by atoms with Gasteiger partial charge in [-0.05, 0) is 52.0 Å². The SMILES string of the molecule is CNCC1CCCN(C)C1c1ccc(OC)cc1OC. The number of likely N-dealkylation sites (tertiary alicyclic amines) is 1. The van der Waals surface area contributed by atoms with E-state index in [1.807, 2.05) is 19.2 Å². The molecule has 1 fully saturated rings. The fourth-order valence-electron chi connectivity index (χ4n) is 3.29. The van der Waals surface area contributed by atoms with Gasteiger partial charge in [0.05, 0.1) is 14.2 Å². The van der Waals surface area contributed by atoms with Gasteiger partial charge in [-0.15, -0.1) is 0 Å². The summed E-state index contributed by atoms with van der Waals surface area (Å²) in [5.41, 5.74) is 1.26. The molecule has 20 heavy (non-hydrogen) atoms. The van der Waals surface area contributed by atoms with Crippen LogP contribution in [0, 0.1) is 5.92 Å². The topological polar surface area (TPSA) is 33.7 Å². The molecule has 4 heteroatoms. The highest BCUT2D eigenvalue weighted by molar-refractivity contribution is 5.43. The number of benzene rings is 1. The minimum absolute atomic E-state index is 0.400. The summed E-state index contributed by atoms with van der Waals surface area (Å²) >= 11 is 0. The zero-order valence-electron chi connectivity index (χ0n) is 13.0. The summed E-state index contributed by atoms with van der Waals surface area (Å²) < 4.78 is 10.9. The quantitative estimate of drug-likeness (QED) is 0.896. The van der Waals surface area contributed by atoms with Crippen molar-refractivity contribution >= 4 is 0 Å². The lowest BCUT2D eigenvalue weighted by Gasteiger charge is -2.40. The van der Waals surface area contributed by atoms with Crippen molar-refractivity contribution in [3.05, 3.63) is 23.8 Å². The molecule has 1 aromatic rings. The van der Waals surface area contributed by atoms with Gasteiger partial charge in [0.2, 0.25) is 0 Å². The molecule has 1 N–H and O–H groups in total. The van der Waals surface area contributed by atoms with Crippen molar-refractivity contribution in [1.82, 2.24) is 10.2 Å². The number of nitrogens with one attached hydrogen (secondary N) is 1. The van der Waals surface area contributed by atoms with Crippen LogP contribution < -0.4 is 14.8 Å². The predicted molar refractivity (Wildman–Crippen MR) is 81.6 cm³/mol. The lowest BCUT2D eigenvalue weighted by atomic mass is 9.84. The van der Waals surface area contributed by atoms with Gasteiger partial charge in [-0.25, -0.2) is 0 Å². The number of piperidine rings is 1. The lowest BCUT2D eigenvalue weighted by Crippen LogP contribution is -2.40. The van der Waals surface area contributed by atoms with Gasteiger partial charge in [-0.2, -0.15) is 0 Å². The minimum atomic E-state index is 0.400. The maximum atomic E-state index is 5.59. The maximum absolute atomic E-state index is 5.59. The van der Waals surface area contributed by atoms with Gasteiger partial charge >= 0.3 is 0 Å². The number of hydrogen-bond donors (Lipinski definition) is 1. The average Bonchev–Trinajstić information content (AvgIpc) is 2.47. The number of methoxy groups -OCH3 is 2. The van der Waals surface area contributed by atoms with Crippen molar-refractivity contribution in [1.29, 1.82) is 0 Å². The Labute approximate surface area is 122 Å². The summed E-state index contributed by atoms with van der Waals surface area (Å²) in [5.74, 6) is 2.37. The Kier molecular flexibility index (Phi) is 5.26. The first-order valence-electron chi connectivity index (χ1n) is 7.28. The zero-order chi connectivity index (χ0) is 14.5. The Bertz CT molecular complexity index is 434. The van der Waals surface area contributed by atoms with Crippen LogP contribution in [0.5, 0.6) is 11.5 Å².